The quantitative estimate of drug-likeness (QED) is 0.688. The summed E-state index contributed by atoms with van der Waals surface area (Å²) < 4.78 is 0. The molecule has 0 amide bonds. The van der Waals surface area contributed by atoms with E-state index in [0.29, 0.717) is 0 Å². The largest absolute Gasteiger partial charge is 0.330 e. The van der Waals surface area contributed by atoms with Gasteiger partial charge in [-0.25, -0.2) is 0 Å². The molecular formula is C11H20N2. The van der Waals surface area contributed by atoms with Crippen LogP contribution in [0.5, 0.6) is 0 Å². The molecule has 1 heterocycles. The third-order valence-electron chi connectivity index (χ3n) is 4.39. The van der Waals surface area contributed by atoms with Crippen molar-refractivity contribution in [1.29, 1.82) is 0 Å². The van der Waals surface area contributed by atoms with Crippen molar-refractivity contribution in [3.05, 3.63) is 0 Å². The van der Waals surface area contributed by atoms with Crippen LogP contribution in [0.2, 0.25) is 0 Å². The molecule has 2 aliphatic carbocycles. The molecule has 3 fully saturated rings. The van der Waals surface area contributed by atoms with Crippen molar-refractivity contribution in [2.45, 2.75) is 31.7 Å². The van der Waals surface area contributed by atoms with Gasteiger partial charge in [0.25, 0.3) is 0 Å². The molecule has 1 saturated heterocycles. The Kier molecular flexibility index (Phi) is 1.88. The Morgan fingerprint density at radius 1 is 1.15 bits per heavy atom. The third kappa shape index (κ3) is 1.40. The van der Waals surface area contributed by atoms with Gasteiger partial charge in [0.05, 0.1) is 0 Å². The average molecular weight is 180 g/mol. The van der Waals surface area contributed by atoms with E-state index in [1.54, 1.807) is 6.42 Å². The van der Waals surface area contributed by atoms with Crippen LogP contribution in [0, 0.1) is 17.8 Å². The summed E-state index contributed by atoms with van der Waals surface area (Å²) in [6.45, 7) is 3.52. The van der Waals surface area contributed by atoms with Gasteiger partial charge in [0.2, 0.25) is 0 Å². The summed E-state index contributed by atoms with van der Waals surface area (Å²) in [7, 11) is 0. The summed E-state index contributed by atoms with van der Waals surface area (Å²) >= 11 is 0. The lowest BCUT2D eigenvalue weighted by atomic mass is 10.1. The van der Waals surface area contributed by atoms with Gasteiger partial charge in [0.1, 0.15) is 0 Å². The second kappa shape index (κ2) is 2.96. The Labute approximate surface area is 80.5 Å². The molecule has 2 nitrogen and oxygen atoms in total. The first-order chi connectivity index (χ1) is 6.36. The minimum atomic E-state index is 0.803. The van der Waals surface area contributed by atoms with E-state index in [4.69, 9.17) is 5.73 Å². The smallest absolute Gasteiger partial charge is 0.0101 e. The van der Waals surface area contributed by atoms with Crippen LogP contribution in [0.3, 0.4) is 0 Å². The van der Waals surface area contributed by atoms with Crippen LogP contribution < -0.4 is 5.73 Å². The fourth-order valence-corrected chi connectivity index (χ4v) is 3.37. The number of likely N-dealkylation sites (tertiary alicyclic amines) is 1. The van der Waals surface area contributed by atoms with Crippen LogP contribution in [-0.4, -0.2) is 30.6 Å². The summed E-state index contributed by atoms with van der Waals surface area (Å²) in [6, 6.07) is 0.945. The van der Waals surface area contributed by atoms with E-state index in [2.05, 4.69) is 4.90 Å². The maximum absolute atomic E-state index is 5.70. The van der Waals surface area contributed by atoms with Crippen molar-refractivity contribution in [1.82, 2.24) is 4.90 Å². The van der Waals surface area contributed by atoms with Gasteiger partial charge in [0.15, 0.2) is 0 Å². The molecule has 13 heavy (non-hydrogen) atoms. The van der Waals surface area contributed by atoms with E-state index in [0.717, 1.165) is 30.3 Å². The van der Waals surface area contributed by atoms with Crippen LogP contribution >= 0.6 is 0 Å². The Bertz CT molecular complexity index is 194. The van der Waals surface area contributed by atoms with Crippen LogP contribution in [-0.2, 0) is 0 Å². The predicted molar refractivity (Wildman–Crippen MR) is 53.4 cm³/mol. The van der Waals surface area contributed by atoms with E-state index in [9.17, 15) is 0 Å². The third-order valence-corrected chi connectivity index (χ3v) is 4.39. The van der Waals surface area contributed by atoms with Crippen molar-refractivity contribution < 1.29 is 0 Å². The van der Waals surface area contributed by atoms with Crippen molar-refractivity contribution in [3.8, 4) is 0 Å². The van der Waals surface area contributed by atoms with E-state index < -0.39 is 0 Å². The maximum atomic E-state index is 5.70. The summed E-state index contributed by atoms with van der Waals surface area (Å²) in [6.07, 6.45) is 5.90. The van der Waals surface area contributed by atoms with Gasteiger partial charge in [-0.3, -0.25) is 0 Å². The fraction of sp³-hybridized carbons (Fsp3) is 1.00. The molecule has 3 unspecified atom stereocenters. The van der Waals surface area contributed by atoms with Gasteiger partial charge >= 0.3 is 0 Å². The second-order valence-electron chi connectivity index (χ2n) is 5.27. The molecule has 0 radical (unpaired) electrons. The normalized spacial score (nSPS) is 49.6. The number of rotatable bonds is 2. The van der Waals surface area contributed by atoms with E-state index in [1.807, 2.05) is 0 Å². The van der Waals surface area contributed by atoms with E-state index >= 15 is 0 Å². The minimum absolute atomic E-state index is 0.803. The summed E-state index contributed by atoms with van der Waals surface area (Å²) in [5.74, 6) is 3.06. The van der Waals surface area contributed by atoms with Crippen molar-refractivity contribution in [2.75, 3.05) is 19.6 Å². The first-order valence-corrected chi connectivity index (χ1v) is 5.81. The molecule has 0 spiro atoms. The molecule has 0 bridgehead atoms. The molecule has 3 atom stereocenters. The minimum Gasteiger partial charge on any atom is -0.330 e. The summed E-state index contributed by atoms with van der Waals surface area (Å²) in [5.41, 5.74) is 5.70. The van der Waals surface area contributed by atoms with Gasteiger partial charge in [-0.05, 0) is 56.5 Å². The van der Waals surface area contributed by atoms with Crippen molar-refractivity contribution in [2.24, 2.45) is 23.5 Å². The second-order valence-corrected chi connectivity index (χ2v) is 5.27. The lowest BCUT2D eigenvalue weighted by Gasteiger charge is -2.24. The van der Waals surface area contributed by atoms with Crippen LogP contribution in [0.1, 0.15) is 25.7 Å². The van der Waals surface area contributed by atoms with Gasteiger partial charge in [-0.1, -0.05) is 0 Å². The zero-order valence-corrected chi connectivity index (χ0v) is 8.28. The fourth-order valence-electron chi connectivity index (χ4n) is 3.37. The molecule has 1 aliphatic heterocycles. The highest BCUT2D eigenvalue weighted by Gasteiger charge is 2.48. The van der Waals surface area contributed by atoms with E-state index in [-0.39, 0.29) is 0 Å². The molecule has 0 aromatic heterocycles. The van der Waals surface area contributed by atoms with Crippen LogP contribution in [0.25, 0.3) is 0 Å². The highest BCUT2D eigenvalue weighted by molar-refractivity contribution is 5.00. The van der Waals surface area contributed by atoms with Gasteiger partial charge in [0, 0.05) is 12.6 Å². The Balaban J connectivity index is 1.55. The first kappa shape index (κ1) is 8.25. The number of nitrogens with zero attached hydrogens (tertiary/aromatic N) is 1. The lowest BCUT2D eigenvalue weighted by molar-refractivity contribution is 0.224. The molecule has 3 rings (SSSR count). The van der Waals surface area contributed by atoms with Gasteiger partial charge < -0.3 is 10.6 Å². The van der Waals surface area contributed by atoms with Crippen molar-refractivity contribution in [3.63, 3.8) is 0 Å². The standard InChI is InChI=1S/C11H20N2/c12-6-8-1-2-13(7-8)11-4-9-3-10(9)5-11/h8-11H,1-7,12H2. The van der Waals surface area contributed by atoms with Crippen LogP contribution in [0.15, 0.2) is 0 Å². The number of hydrogen-bond donors (Lipinski definition) is 1. The molecule has 2 heteroatoms. The topological polar surface area (TPSA) is 29.3 Å². The molecule has 74 valence electrons. The molecule has 0 aromatic rings. The number of fused-ring (bicyclic) bond motifs is 1. The predicted octanol–water partition coefficient (Wildman–Crippen LogP) is 1.07. The Hall–Kier alpha value is -0.0800. The average Bonchev–Trinajstić information content (AvgIpc) is 2.67. The first-order valence-electron chi connectivity index (χ1n) is 5.81. The Morgan fingerprint density at radius 3 is 2.54 bits per heavy atom. The summed E-state index contributed by atoms with van der Waals surface area (Å²) in [4.78, 5) is 2.71. The molecule has 2 N–H and O–H groups in total. The summed E-state index contributed by atoms with van der Waals surface area (Å²) in [5, 5.41) is 0. The van der Waals surface area contributed by atoms with Crippen molar-refractivity contribution >= 4 is 0 Å². The molecule has 0 aromatic carbocycles. The lowest BCUT2D eigenvalue weighted by Crippen LogP contribution is -2.33. The maximum Gasteiger partial charge on any atom is 0.0101 e. The molecular weight excluding hydrogens is 160 g/mol. The van der Waals surface area contributed by atoms with Crippen LogP contribution in [0.4, 0.5) is 0 Å². The zero-order chi connectivity index (χ0) is 8.84. The van der Waals surface area contributed by atoms with Gasteiger partial charge in [-0.2, -0.15) is 0 Å². The monoisotopic (exact) mass is 180 g/mol. The zero-order valence-electron chi connectivity index (χ0n) is 8.28. The molecule has 3 aliphatic rings. The Morgan fingerprint density at radius 2 is 1.92 bits per heavy atom. The SMILES string of the molecule is NCC1CCN(C2CC3CC3C2)C1. The van der Waals surface area contributed by atoms with Gasteiger partial charge in [-0.15, -0.1) is 0 Å². The number of hydrogen-bond acceptors (Lipinski definition) is 2. The number of nitrogens with two attached hydrogens (primary N) is 1. The highest BCUT2D eigenvalue weighted by atomic mass is 15.2. The molecule has 2 saturated carbocycles. The highest BCUT2D eigenvalue weighted by Crippen LogP contribution is 2.53. The van der Waals surface area contributed by atoms with E-state index in [1.165, 1.54) is 32.4 Å².